The number of hydrogen-bond acceptors (Lipinski definition) is 6. The fourth-order valence-electron chi connectivity index (χ4n) is 3.57. The minimum Gasteiger partial charge on any atom is -0.493 e. The van der Waals surface area contributed by atoms with Gasteiger partial charge in [-0.15, -0.1) is 0 Å². The summed E-state index contributed by atoms with van der Waals surface area (Å²) < 4.78 is 10.8. The van der Waals surface area contributed by atoms with Crippen molar-refractivity contribution in [2.24, 2.45) is 0 Å². The van der Waals surface area contributed by atoms with E-state index in [9.17, 15) is 19.2 Å². The van der Waals surface area contributed by atoms with Gasteiger partial charge in [-0.05, 0) is 37.3 Å². The number of ether oxygens (including phenoxy) is 2. The van der Waals surface area contributed by atoms with Gasteiger partial charge in [-0.2, -0.15) is 0 Å². The van der Waals surface area contributed by atoms with Crippen LogP contribution in [0.5, 0.6) is 11.5 Å². The first-order valence-electron chi connectivity index (χ1n) is 9.09. The number of ketones is 1. The highest BCUT2D eigenvalue weighted by atomic mass is 16.5. The summed E-state index contributed by atoms with van der Waals surface area (Å²) in [6, 6.07) is 12.4. The molecule has 8 nitrogen and oxygen atoms in total. The van der Waals surface area contributed by atoms with Crippen molar-refractivity contribution >= 4 is 23.7 Å². The summed E-state index contributed by atoms with van der Waals surface area (Å²) in [6.07, 6.45) is 0.270. The fraction of sp³-hybridized carbons (Fsp3) is 0.238. The van der Waals surface area contributed by atoms with E-state index < -0.39 is 30.0 Å². The third kappa shape index (κ3) is 3.22. The summed E-state index contributed by atoms with van der Waals surface area (Å²) >= 11 is 0. The Labute approximate surface area is 166 Å². The van der Waals surface area contributed by atoms with Crippen molar-refractivity contribution in [3.05, 3.63) is 59.7 Å². The van der Waals surface area contributed by atoms with Crippen molar-refractivity contribution in [3.63, 3.8) is 0 Å². The topological polar surface area (TPSA) is 102 Å². The van der Waals surface area contributed by atoms with Crippen LogP contribution in [0.15, 0.2) is 48.5 Å². The number of amides is 3. The zero-order valence-corrected chi connectivity index (χ0v) is 15.6. The van der Waals surface area contributed by atoms with Crippen LogP contribution in [-0.4, -0.2) is 41.7 Å². The third-order valence-corrected chi connectivity index (χ3v) is 5.04. The van der Waals surface area contributed by atoms with Crippen LogP contribution in [0, 0.1) is 0 Å². The molecule has 29 heavy (non-hydrogen) atoms. The molecule has 1 fully saturated rings. The van der Waals surface area contributed by atoms with E-state index in [0.29, 0.717) is 16.9 Å². The van der Waals surface area contributed by atoms with E-state index in [2.05, 4.69) is 5.32 Å². The van der Waals surface area contributed by atoms with Gasteiger partial charge in [0.2, 0.25) is 0 Å². The quantitative estimate of drug-likeness (QED) is 0.368. The predicted octanol–water partition coefficient (Wildman–Crippen LogP) is 2.02. The number of hydrogen-bond donors (Lipinski definition) is 1. The molecule has 0 aliphatic carbocycles. The molecular weight excluding hydrogens is 376 g/mol. The maximum atomic E-state index is 13.1. The van der Waals surface area contributed by atoms with Crippen LogP contribution < -0.4 is 14.8 Å². The third-order valence-electron chi connectivity index (χ3n) is 5.04. The van der Waals surface area contributed by atoms with Gasteiger partial charge in [0, 0.05) is 17.5 Å². The maximum Gasteiger partial charge on any atom is 0.331 e. The minimum absolute atomic E-state index is 0.107. The van der Waals surface area contributed by atoms with Gasteiger partial charge in [0.1, 0.15) is 18.0 Å². The van der Waals surface area contributed by atoms with E-state index in [4.69, 9.17) is 9.47 Å². The number of esters is 1. The number of rotatable bonds is 4. The molecule has 2 aromatic rings. The number of benzene rings is 2. The Morgan fingerprint density at radius 3 is 2.59 bits per heavy atom. The van der Waals surface area contributed by atoms with Gasteiger partial charge >= 0.3 is 12.0 Å². The second kappa shape index (κ2) is 7.05. The summed E-state index contributed by atoms with van der Waals surface area (Å²) in [4.78, 5) is 50.1. The molecular formula is C21H18N2O6. The molecule has 8 heteroatoms. The van der Waals surface area contributed by atoms with Crippen LogP contribution in [0.1, 0.15) is 29.3 Å². The summed E-state index contributed by atoms with van der Waals surface area (Å²) in [6.45, 7) is 1.18. The number of carbonyl (C=O) groups excluding carboxylic acids is 4. The van der Waals surface area contributed by atoms with Crippen LogP contribution in [-0.2, 0) is 15.1 Å². The SMILES string of the molecule is CC(=O)c1ccc(OC(=O)CN2C(=O)N[C@@]3(CCOc4ccccc43)C2=O)cc1. The number of urea groups is 1. The van der Waals surface area contributed by atoms with Gasteiger partial charge in [-0.25, -0.2) is 9.59 Å². The Balaban J connectivity index is 1.50. The van der Waals surface area contributed by atoms with Crippen molar-refractivity contribution in [1.82, 2.24) is 10.2 Å². The number of nitrogens with one attached hydrogen (secondary N) is 1. The Hall–Kier alpha value is -3.68. The summed E-state index contributed by atoms with van der Waals surface area (Å²) in [7, 11) is 0. The maximum absolute atomic E-state index is 13.1. The molecule has 0 bridgehead atoms. The first-order chi connectivity index (χ1) is 13.9. The lowest BCUT2D eigenvalue weighted by atomic mass is 9.84. The van der Waals surface area contributed by atoms with E-state index in [1.165, 1.54) is 31.2 Å². The van der Waals surface area contributed by atoms with Crippen molar-refractivity contribution < 1.29 is 28.7 Å². The van der Waals surface area contributed by atoms with E-state index in [1.54, 1.807) is 24.3 Å². The van der Waals surface area contributed by atoms with Gasteiger partial charge in [0.25, 0.3) is 5.91 Å². The second-order valence-corrected chi connectivity index (χ2v) is 6.88. The predicted molar refractivity (Wildman–Crippen MR) is 101 cm³/mol. The largest absolute Gasteiger partial charge is 0.493 e. The highest BCUT2D eigenvalue weighted by molar-refractivity contribution is 6.09. The molecule has 1 saturated heterocycles. The molecule has 4 rings (SSSR count). The Kier molecular flexibility index (Phi) is 4.54. The standard InChI is InChI=1S/C21H18N2O6/c1-13(24)14-6-8-15(9-7-14)29-18(25)12-23-19(26)21(22-20(23)27)10-11-28-17-5-3-2-4-16(17)21/h2-9H,10-12H2,1H3,(H,22,27)/t21-/m1/s1. The van der Waals surface area contributed by atoms with Crippen LogP contribution in [0.3, 0.4) is 0 Å². The lowest BCUT2D eigenvalue weighted by Gasteiger charge is -2.33. The number of fused-ring (bicyclic) bond motifs is 2. The van der Waals surface area contributed by atoms with Crippen molar-refractivity contribution in [2.45, 2.75) is 18.9 Å². The molecule has 0 aromatic heterocycles. The molecule has 0 radical (unpaired) electrons. The zero-order chi connectivity index (χ0) is 20.6. The first-order valence-corrected chi connectivity index (χ1v) is 9.09. The van der Waals surface area contributed by atoms with Gasteiger partial charge in [0.05, 0.1) is 6.61 Å². The van der Waals surface area contributed by atoms with Crippen LogP contribution in [0.25, 0.3) is 0 Å². The van der Waals surface area contributed by atoms with E-state index >= 15 is 0 Å². The van der Waals surface area contributed by atoms with Crippen LogP contribution in [0.2, 0.25) is 0 Å². The summed E-state index contributed by atoms with van der Waals surface area (Å²) in [5.41, 5.74) is -0.186. The number of para-hydroxylation sites is 1. The average molecular weight is 394 g/mol. The zero-order valence-electron chi connectivity index (χ0n) is 15.6. The normalized spacial score (nSPS) is 20.1. The molecule has 1 N–H and O–H groups in total. The van der Waals surface area contributed by atoms with E-state index in [-0.39, 0.29) is 24.6 Å². The molecule has 2 aliphatic rings. The first kappa shape index (κ1) is 18.7. The number of carbonyl (C=O) groups is 4. The molecule has 148 valence electrons. The van der Waals surface area contributed by atoms with Crippen molar-refractivity contribution in [3.8, 4) is 11.5 Å². The smallest absolute Gasteiger partial charge is 0.331 e. The van der Waals surface area contributed by atoms with Crippen molar-refractivity contribution in [1.29, 1.82) is 0 Å². The molecule has 0 saturated carbocycles. The highest BCUT2D eigenvalue weighted by Gasteiger charge is 2.55. The Morgan fingerprint density at radius 2 is 1.86 bits per heavy atom. The lowest BCUT2D eigenvalue weighted by Crippen LogP contribution is -2.47. The molecule has 3 amide bonds. The van der Waals surface area contributed by atoms with Crippen LogP contribution in [0.4, 0.5) is 4.79 Å². The number of Topliss-reactive ketones (excluding diaryl/α,β-unsaturated/α-hetero) is 1. The highest BCUT2D eigenvalue weighted by Crippen LogP contribution is 2.40. The lowest BCUT2D eigenvalue weighted by molar-refractivity contribution is -0.141. The molecule has 2 aromatic carbocycles. The molecule has 1 atom stereocenters. The monoisotopic (exact) mass is 394 g/mol. The minimum atomic E-state index is -1.24. The fourth-order valence-corrected chi connectivity index (χ4v) is 3.57. The summed E-state index contributed by atoms with van der Waals surface area (Å²) in [5, 5.41) is 2.73. The Bertz CT molecular complexity index is 1020. The summed E-state index contributed by atoms with van der Waals surface area (Å²) in [5.74, 6) is -0.631. The van der Waals surface area contributed by atoms with Gasteiger partial charge in [-0.3, -0.25) is 14.5 Å². The molecule has 2 heterocycles. The molecule has 2 aliphatic heterocycles. The van der Waals surface area contributed by atoms with Gasteiger partial charge in [-0.1, -0.05) is 18.2 Å². The second-order valence-electron chi connectivity index (χ2n) is 6.88. The van der Waals surface area contributed by atoms with E-state index in [1.807, 2.05) is 0 Å². The average Bonchev–Trinajstić information content (AvgIpc) is 2.93. The molecule has 0 unspecified atom stereocenters. The number of nitrogens with zero attached hydrogens (tertiary/aromatic N) is 1. The molecule has 1 spiro atoms. The van der Waals surface area contributed by atoms with E-state index in [0.717, 1.165) is 4.90 Å². The Morgan fingerprint density at radius 1 is 1.14 bits per heavy atom. The van der Waals surface area contributed by atoms with Gasteiger partial charge in [0.15, 0.2) is 11.3 Å². The van der Waals surface area contributed by atoms with Gasteiger partial charge < -0.3 is 14.8 Å². The van der Waals surface area contributed by atoms with Crippen molar-refractivity contribution in [2.75, 3.05) is 13.2 Å². The van der Waals surface area contributed by atoms with Crippen LogP contribution >= 0.6 is 0 Å². The number of imide groups is 1.